The van der Waals surface area contributed by atoms with E-state index in [4.69, 9.17) is 28.9 Å². The van der Waals surface area contributed by atoms with E-state index >= 15 is 0 Å². The minimum Gasteiger partial charge on any atom is -0.399 e. The topological polar surface area (TPSA) is 49.6 Å². The molecule has 0 bridgehead atoms. The van der Waals surface area contributed by atoms with Crippen LogP contribution in [0.25, 0.3) is 0 Å². The Morgan fingerprint density at radius 1 is 1.50 bits per heavy atom. The van der Waals surface area contributed by atoms with Crippen molar-refractivity contribution in [1.29, 1.82) is 0 Å². The maximum Gasteiger partial charge on any atom is 0.255 e. The van der Waals surface area contributed by atoms with Crippen LogP contribution in [0.1, 0.15) is 16.8 Å². The number of hydrogen-bond acceptors (Lipinski definition) is 3. The van der Waals surface area contributed by atoms with Gasteiger partial charge < -0.3 is 15.5 Å². The fourth-order valence-electron chi connectivity index (χ4n) is 2.62. The van der Waals surface area contributed by atoms with Crippen molar-refractivity contribution in [3.63, 3.8) is 0 Å². The van der Waals surface area contributed by atoms with Crippen molar-refractivity contribution in [2.45, 2.75) is 6.42 Å². The van der Waals surface area contributed by atoms with Crippen LogP contribution >= 0.6 is 23.2 Å². The van der Waals surface area contributed by atoms with Gasteiger partial charge in [0.1, 0.15) is 0 Å². The Bertz CT molecular complexity index is 521. The van der Waals surface area contributed by atoms with Crippen LogP contribution in [-0.2, 0) is 0 Å². The number of rotatable bonds is 3. The van der Waals surface area contributed by atoms with Crippen molar-refractivity contribution >= 4 is 34.8 Å². The van der Waals surface area contributed by atoms with Gasteiger partial charge in [0.25, 0.3) is 5.91 Å². The van der Waals surface area contributed by atoms with Gasteiger partial charge in [0.05, 0.1) is 15.6 Å². The van der Waals surface area contributed by atoms with Gasteiger partial charge in [-0.15, -0.1) is 0 Å². The molecule has 6 heteroatoms. The first-order chi connectivity index (χ1) is 9.38. The van der Waals surface area contributed by atoms with Gasteiger partial charge in [-0.3, -0.25) is 4.79 Å². The molecule has 0 saturated carbocycles. The number of amides is 1. The fourth-order valence-corrected chi connectivity index (χ4v) is 3.03. The fraction of sp³-hybridized carbons (Fsp3) is 0.500. The Morgan fingerprint density at radius 3 is 2.80 bits per heavy atom. The molecule has 0 spiro atoms. The molecule has 1 unspecified atom stereocenters. The molecule has 1 aliphatic rings. The van der Waals surface area contributed by atoms with Gasteiger partial charge in [-0.2, -0.15) is 0 Å². The van der Waals surface area contributed by atoms with E-state index in [0.717, 1.165) is 19.5 Å². The zero-order valence-electron chi connectivity index (χ0n) is 11.7. The summed E-state index contributed by atoms with van der Waals surface area (Å²) >= 11 is 12.1. The molecule has 1 aromatic rings. The minimum atomic E-state index is -0.140. The van der Waals surface area contributed by atoms with E-state index in [9.17, 15) is 4.79 Å². The Balaban J connectivity index is 2.10. The number of carbonyl (C=O) groups is 1. The summed E-state index contributed by atoms with van der Waals surface area (Å²) in [7, 11) is 3.88. The van der Waals surface area contributed by atoms with E-state index in [0.29, 0.717) is 28.7 Å². The zero-order valence-corrected chi connectivity index (χ0v) is 13.2. The van der Waals surface area contributed by atoms with Crippen LogP contribution in [0, 0.1) is 5.92 Å². The number of hydrogen-bond donors (Lipinski definition) is 1. The Labute approximate surface area is 129 Å². The van der Waals surface area contributed by atoms with Gasteiger partial charge in [-0.1, -0.05) is 23.2 Å². The highest BCUT2D eigenvalue weighted by Gasteiger charge is 2.24. The van der Waals surface area contributed by atoms with E-state index < -0.39 is 0 Å². The normalized spacial score (nSPS) is 19.3. The predicted octanol–water partition coefficient (Wildman–Crippen LogP) is 2.60. The predicted molar refractivity (Wildman–Crippen MR) is 83.4 cm³/mol. The van der Waals surface area contributed by atoms with E-state index in [2.05, 4.69) is 11.9 Å². The van der Waals surface area contributed by atoms with Crippen molar-refractivity contribution in [2.75, 3.05) is 39.5 Å². The smallest absolute Gasteiger partial charge is 0.255 e. The highest BCUT2D eigenvalue weighted by atomic mass is 35.5. The number of likely N-dealkylation sites (tertiary alicyclic amines) is 1. The molecule has 1 atom stereocenters. The summed E-state index contributed by atoms with van der Waals surface area (Å²) in [6.07, 6.45) is 1.11. The first-order valence-corrected chi connectivity index (χ1v) is 7.32. The summed E-state index contributed by atoms with van der Waals surface area (Å²) in [5.74, 6) is 0.364. The van der Waals surface area contributed by atoms with Crippen molar-refractivity contribution in [3.8, 4) is 0 Å². The van der Waals surface area contributed by atoms with Crippen LogP contribution in [0.15, 0.2) is 12.1 Å². The van der Waals surface area contributed by atoms with Crippen molar-refractivity contribution in [2.24, 2.45) is 5.92 Å². The number of nitrogen functional groups attached to an aromatic ring is 1. The van der Waals surface area contributed by atoms with Gasteiger partial charge >= 0.3 is 0 Å². The minimum absolute atomic E-state index is 0.140. The van der Waals surface area contributed by atoms with Gasteiger partial charge in [-0.05, 0) is 38.1 Å². The average molecular weight is 316 g/mol. The molecule has 1 amide bonds. The van der Waals surface area contributed by atoms with Gasteiger partial charge in [0.15, 0.2) is 0 Å². The van der Waals surface area contributed by atoms with E-state index in [1.807, 2.05) is 0 Å². The van der Waals surface area contributed by atoms with Gasteiger partial charge in [-0.25, -0.2) is 0 Å². The first kappa shape index (κ1) is 15.4. The van der Waals surface area contributed by atoms with Crippen molar-refractivity contribution in [3.05, 3.63) is 27.7 Å². The highest BCUT2D eigenvalue weighted by Crippen LogP contribution is 2.29. The molecule has 2 N–H and O–H groups in total. The molecule has 20 heavy (non-hydrogen) atoms. The van der Waals surface area contributed by atoms with E-state index in [-0.39, 0.29) is 10.9 Å². The lowest BCUT2D eigenvalue weighted by Gasteiger charge is -2.22. The summed E-state index contributed by atoms with van der Waals surface area (Å²) in [5, 5.41) is 0.574. The highest BCUT2D eigenvalue weighted by molar-refractivity contribution is 6.44. The number of carbonyl (C=O) groups excluding carboxylic acids is 1. The molecular weight excluding hydrogens is 297 g/mol. The molecule has 110 valence electrons. The van der Waals surface area contributed by atoms with Crippen LogP contribution in [0.4, 0.5) is 5.69 Å². The second kappa shape index (κ2) is 6.20. The monoisotopic (exact) mass is 315 g/mol. The third kappa shape index (κ3) is 3.37. The molecule has 1 aromatic carbocycles. The Kier molecular flexibility index (Phi) is 4.78. The number of anilines is 1. The van der Waals surface area contributed by atoms with E-state index in [1.54, 1.807) is 24.1 Å². The SMILES string of the molecule is CN1CCC(CN(C)C(=O)c2cc(N)cc(Cl)c2Cl)C1. The van der Waals surface area contributed by atoms with E-state index in [1.165, 1.54) is 0 Å². The lowest BCUT2D eigenvalue weighted by molar-refractivity contribution is 0.0774. The van der Waals surface area contributed by atoms with Crippen molar-refractivity contribution in [1.82, 2.24) is 9.80 Å². The molecule has 2 rings (SSSR count). The number of benzene rings is 1. The first-order valence-electron chi connectivity index (χ1n) is 6.57. The lowest BCUT2D eigenvalue weighted by Crippen LogP contribution is -2.33. The quantitative estimate of drug-likeness (QED) is 0.872. The average Bonchev–Trinajstić information content (AvgIpc) is 2.78. The second-order valence-corrected chi connectivity index (χ2v) is 6.25. The van der Waals surface area contributed by atoms with Crippen LogP contribution in [-0.4, -0.2) is 49.4 Å². The molecular formula is C14H19Cl2N3O. The van der Waals surface area contributed by atoms with Gasteiger partial charge in [0.2, 0.25) is 0 Å². The third-order valence-corrected chi connectivity index (χ3v) is 4.45. The van der Waals surface area contributed by atoms with Crippen molar-refractivity contribution < 1.29 is 4.79 Å². The third-order valence-electron chi connectivity index (χ3n) is 3.65. The van der Waals surface area contributed by atoms with Crippen LogP contribution in [0.2, 0.25) is 10.0 Å². The molecule has 1 saturated heterocycles. The molecule has 1 heterocycles. The molecule has 0 radical (unpaired) electrons. The molecule has 0 aliphatic carbocycles. The Morgan fingerprint density at radius 2 is 2.20 bits per heavy atom. The summed E-state index contributed by atoms with van der Waals surface area (Å²) in [6.45, 7) is 2.81. The lowest BCUT2D eigenvalue weighted by atomic mass is 10.1. The summed E-state index contributed by atoms with van der Waals surface area (Å²) in [6, 6.07) is 3.13. The maximum atomic E-state index is 12.5. The molecule has 1 aliphatic heterocycles. The Hall–Kier alpha value is -0.970. The van der Waals surface area contributed by atoms with Crippen LogP contribution < -0.4 is 5.73 Å². The largest absolute Gasteiger partial charge is 0.399 e. The second-order valence-electron chi connectivity index (χ2n) is 5.47. The standard InChI is InChI=1S/C14H19Cl2N3O/c1-18-4-3-9(7-18)8-19(2)14(20)11-5-10(17)6-12(15)13(11)16/h5-6,9H,3-4,7-8,17H2,1-2H3. The van der Waals surface area contributed by atoms with Crippen LogP contribution in [0.3, 0.4) is 0 Å². The maximum absolute atomic E-state index is 12.5. The summed E-state index contributed by atoms with van der Waals surface area (Å²) in [5.41, 5.74) is 6.54. The summed E-state index contributed by atoms with van der Waals surface area (Å²) < 4.78 is 0. The van der Waals surface area contributed by atoms with Gasteiger partial charge in [0, 0.05) is 25.8 Å². The summed E-state index contributed by atoms with van der Waals surface area (Å²) in [4.78, 5) is 16.4. The van der Waals surface area contributed by atoms with Crippen LogP contribution in [0.5, 0.6) is 0 Å². The zero-order chi connectivity index (χ0) is 14.9. The number of nitrogens with two attached hydrogens (primary N) is 1. The number of halogens is 2. The molecule has 0 aromatic heterocycles. The molecule has 4 nitrogen and oxygen atoms in total. The number of nitrogens with zero attached hydrogens (tertiary/aromatic N) is 2. The molecule has 1 fully saturated rings.